The van der Waals surface area contributed by atoms with Gasteiger partial charge in [-0.1, -0.05) is 0 Å². The number of ether oxygens (including phenoxy) is 1. The molecule has 0 aliphatic carbocycles. The highest BCUT2D eigenvalue weighted by Gasteiger charge is 2.06. The molecule has 0 aliphatic rings. The average Bonchev–Trinajstić information content (AvgIpc) is 2.43. The van der Waals surface area contributed by atoms with E-state index < -0.39 is 24.5 Å². The fraction of sp³-hybridized carbons (Fsp3) is 0.250. The number of carboxylic acid groups (broad SMARTS) is 1. The fourth-order valence-electron chi connectivity index (χ4n) is 1.25. The Kier molecular flexibility index (Phi) is 5.82. The molecule has 108 valence electrons. The molecular formula is C12H15N3O5. The van der Waals surface area contributed by atoms with Crippen LogP contribution in [0.2, 0.25) is 0 Å². The number of anilines is 1. The van der Waals surface area contributed by atoms with Crippen LogP contribution in [0.4, 0.5) is 10.5 Å². The molecule has 3 amide bonds. The number of hydrogen-bond donors (Lipinski definition) is 4. The van der Waals surface area contributed by atoms with Crippen molar-refractivity contribution >= 4 is 23.6 Å². The number of carboxylic acids is 1. The van der Waals surface area contributed by atoms with Gasteiger partial charge in [-0.3, -0.25) is 9.59 Å². The summed E-state index contributed by atoms with van der Waals surface area (Å²) < 4.78 is 4.97. The molecule has 0 saturated heterocycles. The molecule has 8 heteroatoms. The highest BCUT2D eigenvalue weighted by atomic mass is 16.5. The minimum Gasteiger partial charge on any atom is -0.497 e. The molecule has 4 N–H and O–H groups in total. The molecule has 0 aliphatic heterocycles. The third-order valence-corrected chi connectivity index (χ3v) is 2.19. The zero-order valence-electron chi connectivity index (χ0n) is 10.8. The van der Waals surface area contributed by atoms with Crippen LogP contribution in [0.3, 0.4) is 0 Å². The first kappa shape index (κ1) is 15.3. The van der Waals surface area contributed by atoms with Crippen LogP contribution in [0, 0.1) is 0 Å². The van der Waals surface area contributed by atoms with E-state index in [1.54, 1.807) is 24.3 Å². The molecule has 20 heavy (non-hydrogen) atoms. The highest BCUT2D eigenvalue weighted by molar-refractivity contribution is 5.92. The lowest BCUT2D eigenvalue weighted by Gasteiger charge is -2.08. The van der Waals surface area contributed by atoms with E-state index in [9.17, 15) is 14.4 Å². The molecule has 1 aromatic carbocycles. The van der Waals surface area contributed by atoms with E-state index in [1.807, 2.05) is 0 Å². The third kappa shape index (κ3) is 5.71. The molecule has 0 radical (unpaired) electrons. The summed E-state index contributed by atoms with van der Waals surface area (Å²) >= 11 is 0. The monoisotopic (exact) mass is 281 g/mol. The summed E-state index contributed by atoms with van der Waals surface area (Å²) in [5, 5.41) is 15.3. The van der Waals surface area contributed by atoms with Gasteiger partial charge >= 0.3 is 12.0 Å². The predicted octanol–water partition coefficient (Wildman–Crippen LogP) is 0.0175. The standard InChI is InChI=1S/C12H15N3O5/c1-20-9-4-2-8(3-5-9)15-12(19)14-6-10(16)13-7-11(17)18/h2-5H,6-7H2,1H3,(H,13,16)(H,17,18)(H2,14,15,19). The normalized spacial score (nSPS) is 9.45. The smallest absolute Gasteiger partial charge is 0.322 e. The van der Waals surface area contributed by atoms with Crippen LogP contribution in [0.1, 0.15) is 0 Å². The molecule has 0 atom stereocenters. The predicted molar refractivity (Wildman–Crippen MR) is 70.7 cm³/mol. The molecule has 0 fully saturated rings. The minimum absolute atomic E-state index is 0.310. The van der Waals surface area contributed by atoms with E-state index in [4.69, 9.17) is 9.84 Å². The van der Waals surface area contributed by atoms with Crippen molar-refractivity contribution in [1.29, 1.82) is 0 Å². The van der Waals surface area contributed by atoms with Crippen molar-refractivity contribution < 1.29 is 24.2 Å². The molecule has 1 aromatic rings. The first-order chi connectivity index (χ1) is 9.51. The van der Waals surface area contributed by atoms with Crippen molar-refractivity contribution in [1.82, 2.24) is 10.6 Å². The van der Waals surface area contributed by atoms with Crippen LogP contribution in [0.5, 0.6) is 5.75 Å². The van der Waals surface area contributed by atoms with Crippen molar-refractivity contribution in [2.24, 2.45) is 0 Å². The van der Waals surface area contributed by atoms with Crippen LogP contribution in [0.15, 0.2) is 24.3 Å². The molecule has 0 unspecified atom stereocenters. The number of urea groups is 1. The van der Waals surface area contributed by atoms with Gasteiger partial charge < -0.3 is 25.8 Å². The summed E-state index contributed by atoms with van der Waals surface area (Å²) in [4.78, 5) is 32.8. The quantitative estimate of drug-likeness (QED) is 0.586. The van der Waals surface area contributed by atoms with Crippen molar-refractivity contribution in [2.45, 2.75) is 0 Å². The Bertz CT molecular complexity index is 486. The summed E-state index contributed by atoms with van der Waals surface area (Å²) in [5.74, 6) is -1.08. The topological polar surface area (TPSA) is 117 Å². The van der Waals surface area contributed by atoms with Gasteiger partial charge in [0, 0.05) is 5.69 Å². The Hall–Kier alpha value is -2.77. The van der Waals surface area contributed by atoms with E-state index in [-0.39, 0.29) is 6.54 Å². The number of aliphatic carboxylic acids is 1. The summed E-state index contributed by atoms with van der Waals surface area (Å²) in [7, 11) is 1.53. The number of carbonyl (C=O) groups is 3. The number of carbonyl (C=O) groups excluding carboxylic acids is 2. The van der Waals surface area contributed by atoms with Gasteiger partial charge in [-0.2, -0.15) is 0 Å². The van der Waals surface area contributed by atoms with Crippen LogP contribution in [-0.4, -0.2) is 43.2 Å². The first-order valence-corrected chi connectivity index (χ1v) is 5.68. The second-order valence-electron chi connectivity index (χ2n) is 3.71. The molecule has 8 nitrogen and oxygen atoms in total. The van der Waals surface area contributed by atoms with Crippen molar-refractivity contribution in [3.8, 4) is 5.75 Å². The summed E-state index contributed by atoms with van der Waals surface area (Å²) in [6.45, 7) is -0.796. The van der Waals surface area contributed by atoms with Gasteiger partial charge in [0.2, 0.25) is 5.91 Å². The van der Waals surface area contributed by atoms with Crippen LogP contribution < -0.4 is 20.7 Å². The van der Waals surface area contributed by atoms with E-state index in [0.717, 1.165) is 0 Å². The second kappa shape index (κ2) is 7.62. The Morgan fingerprint density at radius 2 is 1.75 bits per heavy atom. The van der Waals surface area contributed by atoms with Gasteiger partial charge in [-0.15, -0.1) is 0 Å². The van der Waals surface area contributed by atoms with E-state index in [2.05, 4.69) is 16.0 Å². The van der Waals surface area contributed by atoms with E-state index >= 15 is 0 Å². The van der Waals surface area contributed by atoms with E-state index in [0.29, 0.717) is 11.4 Å². The Balaban J connectivity index is 2.32. The van der Waals surface area contributed by atoms with Crippen molar-refractivity contribution in [3.05, 3.63) is 24.3 Å². The largest absolute Gasteiger partial charge is 0.497 e. The number of amides is 3. The zero-order valence-corrected chi connectivity index (χ0v) is 10.8. The average molecular weight is 281 g/mol. The molecule has 1 rings (SSSR count). The van der Waals surface area contributed by atoms with Gasteiger partial charge in [0.25, 0.3) is 0 Å². The fourth-order valence-corrected chi connectivity index (χ4v) is 1.25. The van der Waals surface area contributed by atoms with Crippen molar-refractivity contribution in [3.63, 3.8) is 0 Å². The zero-order chi connectivity index (χ0) is 15.0. The van der Waals surface area contributed by atoms with Crippen LogP contribution in [-0.2, 0) is 9.59 Å². The molecule has 0 heterocycles. The van der Waals surface area contributed by atoms with Gasteiger partial charge in [0.1, 0.15) is 12.3 Å². The molecule has 0 spiro atoms. The van der Waals surface area contributed by atoms with E-state index in [1.165, 1.54) is 7.11 Å². The second-order valence-corrected chi connectivity index (χ2v) is 3.71. The summed E-state index contributed by atoms with van der Waals surface area (Å²) in [6, 6.07) is 6.07. The van der Waals surface area contributed by atoms with Gasteiger partial charge in [0.15, 0.2) is 0 Å². The summed E-state index contributed by atoms with van der Waals surface area (Å²) in [6.07, 6.45) is 0. The molecule has 0 saturated carbocycles. The third-order valence-electron chi connectivity index (χ3n) is 2.19. The Morgan fingerprint density at radius 3 is 2.30 bits per heavy atom. The SMILES string of the molecule is COc1ccc(NC(=O)NCC(=O)NCC(=O)O)cc1. The number of hydrogen-bond acceptors (Lipinski definition) is 4. The number of benzene rings is 1. The lowest BCUT2D eigenvalue weighted by Crippen LogP contribution is -2.40. The maximum absolute atomic E-state index is 11.5. The van der Waals surface area contributed by atoms with Gasteiger partial charge in [-0.25, -0.2) is 4.79 Å². The minimum atomic E-state index is -1.15. The number of rotatable bonds is 6. The molecule has 0 aromatic heterocycles. The molecule has 0 bridgehead atoms. The van der Waals surface area contributed by atoms with Gasteiger partial charge in [0.05, 0.1) is 13.7 Å². The van der Waals surface area contributed by atoms with Crippen LogP contribution >= 0.6 is 0 Å². The van der Waals surface area contributed by atoms with Crippen molar-refractivity contribution in [2.75, 3.05) is 25.5 Å². The van der Waals surface area contributed by atoms with Crippen LogP contribution in [0.25, 0.3) is 0 Å². The lowest BCUT2D eigenvalue weighted by molar-refractivity contribution is -0.137. The first-order valence-electron chi connectivity index (χ1n) is 5.68. The molecular weight excluding hydrogens is 266 g/mol. The lowest BCUT2D eigenvalue weighted by atomic mass is 10.3. The highest BCUT2D eigenvalue weighted by Crippen LogP contribution is 2.14. The maximum atomic E-state index is 11.5. The Labute approximate surface area is 115 Å². The van der Waals surface area contributed by atoms with Gasteiger partial charge in [-0.05, 0) is 24.3 Å². The summed E-state index contributed by atoms with van der Waals surface area (Å²) in [5.41, 5.74) is 0.536. The number of methoxy groups -OCH3 is 1. The maximum Gasteiger partial charge on any atom is 0.322 e. The Morgan fingerprint density at radius 1 is 1.10 bits per heavy atom. The number of nitrogens with one attached hydrogen (secondary N) is 3.